The number of esters is 1. The van der Waals surface area contributed by atoms with Gasteiger partial charge in [0.15, 0.2) is 0 Å². The molecule has 40 heavy (non-hydrogen) atoms. The molecule has 1 amide bonds. The molecule has 0 bridgehead atoms. The molecule has 7 heteroatoms. The van der Waals surface area contributed by atoms with Crippen LogP contribution in [0.3, 0.4) is 0 Å². The summed E-state index contributed by atoms with van der Waals surface area (Å²) in [5.41, 5.74) is 2.30. The number of methoxy groups -OCH3 is 1. The Morgan fingerprint density at radius 3 is 2.25 bits per heavy atom. The van der Waals surface area contributed by atoms with Crippen LogP contribution in [0.5, 0.6) is 17.2 Å². The summed E-state index contributed by atoms with van der Waals surface area (Å²) in [6.45, 7) is 4.02. The monoisotopic (exact) mass is 543 g/mol. The number of carbonyl (C=O) groups is 2. The van der Waals surface area contributed by atoms with Crippen LogP contribution >= 0.6 is 0 Å². The van der Waals surface area contributed by atoms with Gasteiger partial charge in [-0.05, 0) is 73.6 Å². The third-order valence-electron chi connectivity index (χ3n) is 7.68. The smallest absolute Gasteiger partial charge is 0.338 e. The van der Waals surface area contributed by atoms with Crippen molar-refractivity contribution in [3.8, 4) is 17.2 Å². The van der Waals surface area contributed by atoms with Gasteiger partial charge in [0.2, 0.25) is 5.91 Å². The molecule has 3 aromatic carbocycles. The van der Waals surface area contributed by atoms with Gasteiger partial charge in [-0.25, -0.2) is 4.79 Å². The van der Waals surface area contributed by atoms with E-state index in [1.165, 1.54) is 20.0 Å². The van der Waals surface area contributed by atoms with Crippen molar-refractivity contribution in [3.05, 3.63) is 83.9 Å². The molecule has 210 valence electrons. The Hall–Kier alpha value is -3.84. The van der Waals surface area contributed by atoms with E-state index in [2.05, 4.69) is 12.1 Å². The number of benzene rings is 3. The number of rotatable bonds is 13. The van der Waals surface area contributed by atoms with E-state index in [9.17, 15) is 9.59 Å². The highest BCUT2D eigenvalue weighted by molar-refractivity contribution is 5.91. The fraction of sp³-hybridized carbons (Fsp3) is 0.394. The van der Waals surface area contributed by atoms with Crippen LogP contribution < -0.4 is 14.4 Å². The normalized spacial score (nSPS) is 15.6. The highest BCUT2D eigenvalue weighted by Crippen LogP contribution is 2.42. The van der Waals surface area contributed by atoms with Gasteiger partial charge in [-0.15, -0.1) is 0 Å². The van der Waals surface area contributed by atoms with Crippen LogP contribution in [0, 0.1) is 11.3 Å². The largest absolute Gasteiger partial charge is 0.493 e. The van der Waals surface area contributed by atoms with E-state index in [1.807, 2.05) is 47.4 Å². The molecule has 0 heterocycles. The predicted molar refractivity (Wildman–Crippen MR) is 153 cm³/mol. The second kappa shape index (κ2) is 12.6. The lowest BCUT2D eigenvalue weighted by Gasteiger charge is -2.41. The Balaban J connectivity index is 1.25. The van der Waals surface area contributed by atoms with Gasteiger partial charge >= 0.3 is 5.97 Å². The highest BCUT2D eigenvalue weighted by Gasteiger charge is 2.38. The number of carbonyl (C=O) groups excluding carboxylic acids is 2. The molecule has 5 rings (SSSR count). The molecule has 3 aromatic rings. The third-order valence-corrected chi connectivity index (χ3v) is 7.68. The van der Waals surface area contributed by atoms with Gasteiger partial charge in [-0.3, -0.25) is 4.79 Å². The summed E-state index contributed by atoms with van der Waals surface area (Å²) < 4.78 is 23.4. The van der Waals surface area contributed by atoms with Crippen LogP contribution in [0.15, 0.2) is 72.8 Å². The number of hydrogen-bond acceptors (Lipinski definition) is 6. The lowest BCUT2D eigenvalue weighted by Crippen LogP contribution is -2.40. The Labute approximate surface area is 236 Å². The first kappa shape index (κ1) is 27.7. The molecule has 0 atom stereocenters. The van der Waals surface area contributed by atoms with Crippen LogP contribution in [-0.4, -0.2) is 38.7 Å². The van der Waals surface area contributed by atoms with Crippen molar-refractivity contribution in [1.82, 2.24) is 0 Å². The second-order valence-electron chi connectivity index (χ2n) is 11.0. The minimum absolute atomic E-state index is 0.0304. The van der Waals surface area contributed by atoms with Gasteiger partial charge < -0.3 is 23.8 Å². The van der Waals surface area contributed by atoms with Crippen LogP contribution in [0.4, 0.5) is 5.69 Å². The number of amides is 1. The fourth-order valence-electron chi connectivity index (χ4n) is 4.96. The number of anilines is 1. The lowest BCUT2D eigenvalue weighted by atomic mass is 9.70. The first-order valence-electron chi connectivity index (χ1n) is 14.0. The van der Waals surface area contributed by atoms with Gasteiger partial charge in [-0.2, -0.15) is 0 Å². The summed E-state index contributed by atoms with van der Waals surface area (Å²) in [7, 11) is 1.35. The van der Waals surface area contributed by atoms with Crippen molar-refractivity contribution in [1.29, 1.82) is 0 Å². The zero-order valence-corrected chi connectivity index (χ0v) is 23.3. The molecule has 0 unspecified atom stereocenters. The van der Waals surface area contributed by atoms with Gasteiger partial charge in [0.25, 0.3) is 0 Å². The summed E-state index contributed by atoms with van der Waals surface area (Å²) in [5, 5.41) is 0. The standard InChI is InChI=1S/C33H37NO6/c1-24(35)34(20-25-9-10-25)28-11-13-29(14-12-28)40-31-18-27(32(36)37-2)17-30(19-31)39-23-33(15-6-16-33)22-38-21-26-7-4-3-5-8-26/h3-5,7-8,11-14,17-19,25H,6,9-10,15-16,20-23H2,1-2H3. The molecular formula is C33H37NO6. The van der Waals surface area contributed by atoms with Crippen LogP contribution in [-0.2, 0) is 20.9 Å². The molecule has 0 aliphatic heterocycles. The molecule has 0 spiro atoms. The van der Waals surface area contributed by atoms with Gasteiger partial charge in [-0.1, -0.05) is 36.8 Å². The Bertz CT molecular complexity index is 1300. The SMILES string of the molecule is COC(=O)c1cc(OCC2(COCc3ccccc3)CCC2)cc(Oc2ccc(N(CC3CC3)C(C)=O)cc2)c1. The average molecular weight is 544 g/mol. The zero-order chi connectivity index (χ0) is 28.0. The number of ether oxygens (including phenoxy) is 4. The van der Waals surface area contributed by atoms with E-state index < -0.39 is 5.97 Å². The molecule has 0 N–H and O–H groups in total. The Morgan fingerprint density at radius 1 is 0.900 bits per heavy atom. The molecule has 7 nitrogen and oxygen atoms in total. The zero-order valence-electron chi connectivity index (χ0n) is 23.3. The van der Waals surface area contributed by atoms with E-state index in [-0.39, 0.29) is 11.3 Å². The van der Waals surface area contributed by atoms with Crippen molar-refractivity contribution < 1.29 is 28.5 Å². The second-order valence-corrected chi connectivity index (χ2v) is 11.0. The highest BCUT2D eigenvalue weighted by atomic mass is 16.5. The average Bonchev–Trinajstić information content (AvgIpc) is 3.77. The van der Waals surface area contributed by atoms with Gasteiger partial charge in [0.1, 0.15) is 17.2 Å². The minimum Gasteiger partial charge on any atom is -0.493 e. The maximum absolute atomic E-state index is 12.4. The molecule has 2 saturated carbocycles. The molecule has 0 saturated heterocycles. The molecule has 0 aromatic heterocycles. The maximum atomic E-state index is 12.4. The van der Waals surface area contributed by atoms with Gasteiger partial charge in [0, 0.05) is 30.6 Å². The molecule has 2 fully saturated rings. The quantitative estimate of drug-likeness (QED) is 0.221. The lowest BCUT2D eigenvalue weighted by molar-refractivity contribution is -0.116. The fourth-order valence-corrected chi connectivity index (χ4v) is 4.96. The summed E-state index contributed by atoms with van der Waals surface area (Å²) in [6.07, 6.45) is 5.56. The maximum Gasteiger partial charge on any atom is 0.338 e. The van der Waals surface area contributed by atoms with E-state index in [0.29, 0.717) is 48.6 Å². The summed E-state index contributed by atoms with van der Waals surface area (Å²) in [6, 6.07) is 22.7. The van der Waals surface area contributed by atoms with E-state index in [1.54, 1.807) is 25.1 Å². The molecular weight excluding hydrogens is 506 g/mol. The van der Waals surface area contributed by atoms with E-state index >= 15 is 0 Å². The molecule has 0 radical (unpaired) electrons. The summed E-state index contributed by atoms with van der Waals surface area (Å²) in [5.74, 6) is 1.76. The van der Waals surface area contributed by atoms with Crippen LogP contribution in [0.25, 0.3) is 0 Å². The Morgan fingerprint density at radius 2 is 1.62 bits per heavy atom. The van der Waals surface area contributed by atoms with Crippen LogP contribution in [0.2, 0.25) is 0 Å². The predicted octanol–water partition coefficient (Wildman–Crippen LogP) is 6.79. The first-order valence-corrected chi connectivity index (χ1v) is 14.0. The van der Waals surface area contributed by atoms with Crippen molar-refractivity contribution in [3.63, 3.8) is 0 Å². The van der Waals surface area contributed by atoms with E-state index in [4.69, 9.17) is 18.9 Å². The van der Waals surface area contributed by atoms with E-state index in [0.717, 1.165) is 37.1 Å². The number of hydrogen-bond donors (Lipinski definition) is 0. The topological polar surface area (TPSA) is 74.3 Å². The van der Waals surface area contributed by atoms with Crippen LogP contribution in [0.1, 0.15) is 54.9 Å². The molecule has 2 aliphatic rings. The third kappa shape index (κ3) is 7.21. The van der Waals surface area contributed by atoms with Crippen molar-refractivity contribution in [2.24, 2.45) is 11.3 Å². The van der Waals surface area contributed by atoms with Crippen molar-refractivity contribution in [2.45, 2.75) is 45.6 Å². The molecule has 2 aliphatic carbocycles. The number of nitrogens with zero attached hydrogens (tertiary/aromatic N) is 1. The minimum atomic E-state index is -0.465. The Kier molecular flexibility index (Phi) is 8.70. The summed E-state index contributed by atoms with van der Waals surface area (Å²) in [4.78, 5) is 26.4. The first-order chi connectivity index (χ1) is 19.4. The van der Waals surface area contributed by atoms with Crippen molar-refractivity contribution in [2.75, 3.05) is 31.8 Å². The van der Waals surface area contributed by atoms with Crippen molar-refractivity contribution >= 4 is 17.6 Å². The summed E-state index contributed by atoms with van der Waals surface area (Å²) >= 11 is 0. The van der Waals surface area contributed by atoms with Gasteiger partial charge in [0.05, 0.1) is 32.5 Å².